The Bertz CT molecular complexity index is 1030. The van der Waals surface area contributed by atoms with Gasteiger partial charge in [-0.1, -0.05) is 54.6 Å². The number of rotatable bonds is 7. The maximum absolute atomic E-state index is 13.0. The second kappa shape index (κ2) is 10.4. The van der Waals surface area contributed by atoms with Crippen LogP contribution in [0.25, 0.3) is 11.6 Å². The predicted molar refractivity (Wildman–Crippen MR) is 120 cm³/mol. The van der Waals surface area contributed by atoms with E-state index in [0.717, 1.165) is 21.6 Å². The second-order valence-corrected chi connectivity index (χ2v) is 7.40. The van der Waals surface area contributed by atoms with E-state index < -0.39 is 5.91 Å². The number of amides is 2. The van der Waals surface area contributed by atoms with Crippen LogP contribution in [0.15, 0.2) is 83.8 Å². The van der Waals surface area contributed by atoms with Gasteiger partial charge in [-0.05, 0) is 53.3 Å². The monoisotopic (exact) mass is 418 g/mol. The molecule has 3 aromatic carbocycles. The summed E-state index contributed by atoms with van der Waals surface area (Å²) < 4.78 is 0. The lowest BCUT2D eigenvalue weighted by Crippen LogP contribution is -2.24. The molecule has 0 saturated carbocycles. The quantitative estimate of drug-likeness (QED) is 0.175. The SMILES string of the molecule is CSc1ccc(/C=C(/C(=O)NCc2ccc(C(=O)NO)cc2)c2ccccc2)cc1. The fourth-order valence-electron chi connectivity index (χ4n) is 2.88. The minimum Gasteiger partial charge on any atom is -0.348 e. The van der Waals surface area contributed by atoms with Crippen LogP contribution in [0.2, 0.25) is 0 Å². The van der Waals surface area contributed by atoms with Crippen LogP contribution in [-0.2, 0) is 11.3 Å². The summed E-state index contributed by atoms with van der Waals surface area (Å²) in [6.07, 6.45) is 3.90. The van der Waals surface area contributed by atoms with Gasteiger partial charge in [0.15, 0.2) is 0 Å². The van der Waals surface area contributed by atoms with Crippen LogP contribution >= 0.6 is 11.8 Å². The van der Waals surface area contributed by atoms with E-state index in [1.165, 1.54) is 0 Å². The van der Waals surface area contributed by atoms with Crippen molar-refractivity contribution in [2.75, 3.05) is 6.26 Å². The maximum Gasteiger partial charge on any atom is 0.274 e. The number of carbonyl (C=O) groups is 2. The summed E-state index contributed by atoms with van der Waals surface area (Å²) in [5, 5.41) is 11.6. The van der Waals surface area contributed by atoms with Gasteiger partial charge in [-0.25, -0.2) is 5.48 Å². The second-order valence-electron chi connectivity index (χ2n) is 6.52. The Hall–Kier alpha value is -3.35. The molecule has 0 aliphatic carbocycles. The average Bonchev–Trinajstić information content (AvgIpc) is 2.81. The third kappa shape index (κ3) is 5.59. The molecule has 0 aliphatic heterocycles. The first-order valence-corrected chi connectivity index (χ1v) is 10.6. The van der Waals surface area contributed by atoms with E-state index in [2.05, 4.69) is 5.32 Å². The summed E-state index contributed by atoms with van der Waals surface area (Å²) in [5.74, 6) is -0.764. The molecule has 3 N–H and O–H groups in total. The van der Waals surface area contributed by atoms with Crippen molar-refractivity contribution in [2.45, 2.75) is 11.4 Å². The maximum atomic E-state index is 13.0. The van der Waals surface area contributed by atoms with Crippen molar-refractivity contribution in [1.29, 1.82) is 0 Å². The van der Waals surface area contributed by atoms with E-state index in [4.69, 9.17) is 5.21 Å². The number of hydrogen-bond donors (Lipinski definition) is 3. The van der Waals surface area contributed by atoms with Gasteiger partial charge >= 0.3 is 0 Å². The van der Waals surface area contributed by atoms with E-state index >= 15 is 0 Å². The van der Waals surface area contributed by atoms with Gasteiger partial charge in [-0.15, -0.1) is 11.8 Å². The van der Waals surface area contributed by atoms with E-state index in [0.29, 0.717) is 17.7 Å². The summed E-state index contributed by atoms with van der Waals surface area (Å²) in [4.78, 5) is 25.6. The van der Waals surface area contributed by atoms with Crippen molar-refractivity contribution in [2.24, 2.45) is 0 Å². The number of thioether (sulfide) groups is 1. The summed E-state index contributed by atoms with van der Waals surface area (Å²) >= 11 is 1.67. The molecule has 0 heterocycles. The Labute approximate surface area is 179 Å². The molecule has 3 rings (SSSR count). The lowest BCUT2D eigenvalue weighted by molar-refractivity contribution is -0.115. The smallest absolute Gasteiger partial charge is 0.274 e. The highest BCUT2D eigenvalue weighted by atomic mass is 32.2. The summed E-state index contributed by atoms with van der Waals surface area (Å²) in [7, 11) is 0. The predicted octanol–water partition coefficient (Wildman–Crippen LogP) is 4.38. The Kier molecular flexibility index (Phi) is 7.43. The first-order valence-electron chi connectivity index (χ1n) is 9.33. The minimum absolute atomic E-state index is 0.188. The van der Waals surface area contributed by atoms with E-state index in [-0.39, 0.29) is 5.91 Å². The van der Waals surface area contributed by atoms with Gasteiger partial charge in [0.1, 0.15) is 0 Å². The summed E-state index contributed by atoms with van der Waals surface area (Å²) in [6, 6.07) is 24.2. The lowest BCUT2D eigenvalue weighted by Gasteiger charge is -2.11. The Balaban J connectivity index is 1.78. The van der Waals surface area contributed by atoms with Crippen molar-refractivity contribution < 1.29 is 14.8 Å². The van der Waals surface area contributed by atoms with Crippen molar-refractivity contribution in [3.05, 3.63) is 101 Å². The fraction of sp³-hybridized carbons (Fsp3) is 0.0833. The zero-order chi connectivity index (χ0) is 21.3. The van der Waals surface area contributed by atoms with Crippen molar-refractivity contribution in [3.63, 3.8) is 0 Å². The zero-order valence-corrected chi connectivity index (χ0v) is 17.3. The highest BCUT2D eigenvalue weighted by Gasteiger charge is 2.12. The van der Waals surface area contributed by atoms with Crippen LogP contribution < -0.4 is 10.8 Å². The van der Waals surface area contributed by atoms with Crippen LogP contribution in [0.3, 0.4) is 0 Å². The topological polar surface area (TPSA) is 78.4 Å². The molecule has 0 spiro atoms. The molecular formula is C24H22N2O3S. The van der Waals surface area contributed by atoms with Crippen molar-refractivity contribution in [1.82, 2.24) is 10.8 Å². The van der Waals surface area contributed by atoms with Gasteiger partial charge in [0, 0.05) is 22.6 Å². The average molecular weight is 419 g/mol. The van der Waals surface area contributed by atoms with Crippen LogP contribution in [0.5, 0.6) is 0 Å². The molecule has 152 valence electrons. The Morgan fingerprint density at radius 1 is 0.900 bits per heavy atom. The van der Waals surface area contributed by atoms with Gasteiger partial charge in [-0.2, -0.15) is 0 Å². The molecule has 3 aromatic rings. The summed E-state index contributed by atoms with van der Waals surface area (Å²) in [6.45, 7) is 0.315. The number of hydrogen-bond acceptors (Lipinski definition) is 4. The normalized spacial score (nSPS) is 11.1. The largest absolute Gasteiger partial charge is 0.348 e. The van der Waals surface area contributed by atoms with E-state index in [1.54, 1.807) is 41.5 Å². The number of carbonyl (C=O) groups excluding carboxylic acids is 2. The first kappa shape index (κ1) is 21.4. The molecule has 0 radical (unpaired) electrons. The lowest BCUT2D eigenvalue weighted by atomic mass is 10.0. The number of hydroxylamine groups is 1. The number of benzene rings is 3. The molecular weight excluding hydrogens is 396 g/mol. The first-order chi connectivity index (χ1) is 14.6. The molecule has 0 aromatic heterocycles. The molecule has 0 bridgehead atoms. The molecule has 0 atom stereocenters. The number of nitrogens with one attached hydrogen (secondary N) is 2. The third-order valence-electron chi connectivity index (χ3n) is 4.53. The molecule has 0 unspecified atom stereocenters. The van der Waals surface area contributed by atoms with Gasteiger partial charge in [0.05, 0.1) is 0 Å². The van der Waals surface area contributed by atoms with Crippen LogP contribution in [0, 0.1) is 0 Å². The van der Waals surface area contributed by atoms with E-state index in [1.807, 2.05) is 66.9 Å². The van der Waals surface area contributed by atoms with Gasteiger partial charge in [-0.3, -0.25) is 14.8 Å². The Morgan fingerprint density at radius 2 is 1.57 bits per heavy atom. The van der Waals surface area contributed by atoms with Gasteiger partial charge in [0.25, 0.3) is 11.8 Å². The fourth-order valence-corrected chi connectivity index (χ4v) is 3.29. The molecule has 30 heavy (non-hydrogen) atoms. The van der Waals surface area contributed by atoms with Crippen LogP contribution in [-0.4, -0.2) is 23.3 Å². The van der Waals surface area contributed by atoms with Crippen LogP contribution in [0.1, 0.15) is 27.0 Å². The molecule has 0 saturated heterocycles. The third-order valence-corrected chi connectivity index (χ3v) is 5.27. The highest BCUT2D eigenvalue weighted by molar-refractivity contribution is 7.98. The van der Waals surface area contributed by atoms with Gasteiger partial charge in [0.2, 0.25) is 0 Å². The Morgan fingerprint density at radius 3 is 2.17 bits per heavy atom. The molecule has 0 fully saturated rings. The van der Waals surface area contributed by atoms with Crippen LogP contribution in [0.4, 0.5) is 0 Å². The summed E-state index contributed by atoms with van der Waals surface area (Å²) in [5.41, 5.74) is 5.13. The highest BCUT2D eigenvalue weighted by Crippen LogP contribution is 2.21. The standard InChI is InChI=1S/C24H22N2O3S/c1-30-21-13-9-17(10-14-21)15-22(19-5-3-2-4-6-19)24(28)25-16-18-7-11-20(12-8-18)23(27)26-29/h2-15,29H,16H2,1H3,(H,25,28)(H,26,27)/b22-15+. The molecule has 5 nitrogen and oxygen atoms in total. The van der Waals surface area contributed by atoms with Crippen molar-refractivity contribution >= 4 is 35.2 Å². The van der Waals surface area contributed by atoms with E-state index in [9.17, 15) is 9.59 Å². The molecule has 2 amide bonds. The van der Waals surface area contributed by atoms with Gasteiger partial charge < -0.3 is 5.32 Å². The zero-order valence-electron chi connectivity index (χ0n) is 16.5. The van der Waals surface area contributed by atoms with Crippen molar-refractivity contribution in [3.8, 4) is 0 Å². The molecule has 0 aliphatic rings. The minimum atomic E-state index is -0.577. The molecule has 6 heteroatoms.